The number of hydrogen-bond donors (Lipinski definition) is 4. The summed E-state index contributed by atoms with van der Waals surface area (Å²) in [5.74, 6) is -0.939. The van der Waals surface area contributed by atoms with Crippen molar-refractivity contribution in [3.05, 3.63) is 11.8 Å². The summed E-state index contributed by atoms with van der Waals surface area (Å²) in [5, 5.41) is 18.4. The highest BCUT2D eigenvalue weighted by Crippen LogP contribution is 2.12. The Labute approximate surface area is 103 Å². The molecule has 0 saturated heterocycles. The average Bonchev–Trinajstić information content (AvgIpc) is 2.73. The number of anilines is 1. The predicted octanol–water partition coefficient (Wildman–Crippen LogP) is -1.12. The van der Waals surface area contributed by atoms with E-state index in [1.165, 1.54) is 13.1 Å². The Morgan fingerprint density at radius 3 is 2.78 bits per heavy atom. The molecular weight excluding hydrogens is 262 g/mol. The van der Waals surface area contributed by atoms with Crippen LogP contribution in [0.15, 0.2) is 11.4 Å². The minimum Gasteiger partial charge on any atom is -0.409 e. The van der Waals surface area contributed by atoms with Gasteiger partial charge in [0.05, 0.1) is 11.8 Å². The zero-order valence-electron chi connectivity index (χ0n) is 9.71. The van der Waals surface area contributed by atoms with Gasteiger partial charge < -0.3 is 16.3 Å². The van der Waals surface area contributed by atoms with E-state index in [4.69, 9.17) is 10.9 Å². The lowest BCUT2D eigenvalue weighted by molar-refractivity contribution is -0.115. The highest BCUT2D eigenvalue weighted by atomic mass is 32.2. The first-order valence-electron chi connectivity index (χ1n) is 4.78. The number of carbonyl (C=O) groups is 1. The van der Waals surface area contributed by atoms with Gasteiger partial charge in [-0.3, -0.25) is 9.89 Å². The van der Waals surface area contributed by atoms with Crippen molar-refractivity contribution in [1.82, 2.24) is 10.2 Å². The van der Waals surface area contributed by atoms with Gasteiger partial charge in [-0.15, -0.1) is 0 Å². The maximum absolute atomic E-state index is 11.6. The van der Waals surface area contributed by atoms with Gasteiger partial charge in [-0.25, -0.2) is 8.42 Å². The van der Waals surface area contributed by atoms with E-state index in [0.29, 0.717) is 0 Å². The topological polar surface area (TPSA) is 151 Å². The number of carbonyl (C=O) groups excluding carboxylic acids is 1. The Balaban J connectivity index is 2.94. The van der Waals surface area contributed by atoms with Gasteiger partial charge in [-0.1, -0.05) is 5.16 Å². The van der Waals surface area contributed by atoms with Crippen LogP contribution in [-0.2, 0) is 14.6 Å². The summed E-state index contributed by atoms with van der Waals surface area (Å²) in [7, 11) is -3.50. The predicted molar refractivity (Wildman–Crippen MR) is 64.0 cm³/mol. The number of sulfone groups is 1. The summed E-state index contributed by atoms with van der Waals surface area (Å²) in [6, 6.07) is 0. The van der Waals surface area contributed by atoms with Crippen LogP contribution in [0.5, 0.6) is 0 Å². The number of amides is 1. The molecule has 10 heteroatoms. The van der Waals surface area contributed by atoms with Crippen molar-refractivity contribution < 1.29 is 18.4 Å². The number of aromatic nitrogens is 2. The third-order valence-electron chi connectivity index (χ3n) is 2.28. The molecule has 1 aromatic heterocycles. The second-order valence-corrected chi connectivity index (χ2v) is 5.97. The molecule has 1 amide bonds. The van der Waals surface area contributed by atoms with E-state index in [1.54, 1.807) is 0 Å². The fourth-order valence-electron chi connectivity index (χ4n) is 1.05. The Hall–Kier alpha value is -2.10. The average molecular weight is 275 g/mol. The fourth-order valence-corrected chi connectivity index (χ4v) is 1.50. The molecule has 1 rings (SSSR count). The van der Waals surface area contributed by atoms with Crippen molar-refractivity contribution >= 4 is 27.4 Å². The van der Waals surface area contributed by atoms with Gasteiger partial charge in [0, 0.05) is 6.26 Å². The molecule has 0 aromatic carbocycles. The SMILES string of the molecule is CC(C(=O)Nc1[nH]ncc1C(N)=NO)S(C)(=O)=O. The number of oxime groups is 1. The molecule has 0 fully saturated rings. The van der Waals surface area contributed by atoms with E-state index >= 15 is 0 Å². The number of amidine groups is 1. The summed E-state index contributed by atoms with van der Waals surface area (Å²) in [6.07, 6.45) is 2.18. The summed E-state index contributed by atoms with van der Waals surface area (Å²) in [4.78, 5) is 11.6. The van der Waals surface area contributed by atoms with Crippen molar-refractivity contribution in [2.75, 3.05) is 11.6 Å². The van der Waals surface area contributed by atoms with Gasteiger partial charge >= 0.3 is 0 Å². The largest absolute Gasteiger partial charge is 0.409 e. The molecule has 0 radical (unpaired) electrons. The van der Waals surface area contributed by atoms with E-state index in [2.05, 4.69) is 20.7 Å². The van der Waals surface area contributed by atoms with Gasteiger partial charge in [-0.2, -0.15) is 5.10 Å². The van der Waals surface area contributed by atoms with E-state index in [9.17, 15) is 13.2 Å². The summed E-state index contributed by atoms with van der Waals surface area (Å²) < 4.78 is 22.4. The van der Waals surface area contributed by atoms with Crippen LogP contribution in [0.1, 0.15) is 12.5 Å². The van der Waals surface area contributed by atoms with Crippen LogP contribution >= 0.6 is 0 Å². The Kier molecular flexibility index (Phi) is 3.91. The van der Waals surface area contributed by atoms with Gasteiger partial charge in [-0.05, 0) is 6.92 Å². The molecule has 18 heavy (non-hydrogen) atoms. The van der Waals surface area contributed by atoms with E-state index in [0.717, 1.165) is 6.26 Å². The maximum atomic E-state index is 11.6. The lowest BCUT2D eigenvalue weighted by atomic mass is 10.3. The molecule has 0 saturated carbocycles. The monoisotopic (exact) mass is 275 g/mol. The Morgan fingerprint density at radius 2 is 2.28 bits per heavy atom. The maximum Gasteiger partial charge on any atom is 0.243 e. The first kappa shape index (κ1) is 14.0. The lowest BCUT2D eigenvalue weighted by Gasteiger charge is -2.09. The van der Waals surface area contributed by atoms with Crippen LogP contribution in [0.4, 0.5) is 5.82 Å². The Morgan fingerprint density at radius 1 is 1.67 bits per heavy atom. The summed E-state index contributed by atoms with van der Waals surface area (Å²) in [5.41, 5.74) is 5.51. The molecule has 0 aliphatic heterocycles. The van der Waals surface area contributed by atoms with Crippen molar-refractivity contribution in [3.8, 4) is 0 Å². The van der Waals surface area contributed by atoms with Crippen molar-refractivity contribution in [1.29, 1.82) is 0 Å². The number of rotatable bonds is 4. The minimum atomic E-state index is -3.50. The molecular formula is C8H13N5O4S. The molecule has 1 heterocycles. The van der Waals surface area contributed by atoms with Gasteiger partial charge in [0.25, 0.3) is 0 Å². The van der Waals surface area contributed by atoms with E-state index in [-0.39, 0.29) is 17.2 Å². The highest BCUT2D eigenvalue weighted by molar-refractivity contribution is 7.92. The van der Waals surface area contributed by atoms with Crippen LogP contribution in [0.2, 0.25) is 0 Å². The van der Waals surface area contributed by atoms with Crippen molar-refractivity contribution in [3.63, 3.8) is 0 Å². The molecule has 0 aliphatic rings. The molecule has 0 spiro atoms. The molecule has 1 atom stereocenters. The standard InChI is InChI=1S/C8H13N5O4S/c1-4(18(2,16)17)8(14)11-7-5(3-10-12-7)6(9)13-15/h3-4,15H,1-2H3,(H2,9,13)(H2,10,11,12,14). The van der Waals surface area contributed by atoms with Crippen LogP contribution in [0, 0.1) is 0 Å². The van der Waals surface area contributed by atoms with Gasteiger partial charge in [0.15, 0.2) is 15.7 Å². The molecule has 5 N–H and O–H groups in total. The smallest absolute Gasteiger partial charge is 0.243 e. The lowest BCUT2D eigenvalue weighted by Crippen LogP contribution is -2.32. The first-order chi connectivity index (χ1) is 8.27. The van der Waals surface area contributed by atoms with Crippen molar-refractivity contribution in [2.45, 2.75) is 12.2 Å². The molecule has 100 valence electrons. The second-order valence-electron chi connectivity index (χ2n) is 3.60. The van der Waals surface area contributed by atoms with Gasteiger partial charge in [0.2, 0.25) is 5.91 Å². The number of nitrogens with one attached hydrogen (secondary N) is 2. The molecule has 9 nitrogen and oxygen atoms in total. The summed E-state index contributed by atoms with van der Waals surface area (Å²) in [6.45, 7) is 1.25. The van der Waals surface area contributed by atoms with Crippen LogP contribution in [-0.4, -0.2) is 47.1 Å². The zero-order valence-corrected chi connectivity index (χ0v) is 10.5. The zero-order chi connectivity index (χ0) is 13.9. The normalized spacial score (nSPS) is 14.2. The molecule has 1 unspecified atom stereocenters. The van der Waals surface area contributed by atoms with E-state index in [1.807, 2.05) is 0 Å². The number of nitrogens with zero attached hydrogens (tertiary/aromatic N) is 2. The number of aromatic amines is 1. The second kappa shape index (κ2) is 5.04. The number of nitrogens with two attached hydrogens (primary N) is 1. The number of hydrogen-bond acceptors (Lipinski definition) is 6. The van der Waals surface area contributed by atoms with Gasteiger partial charge in [0.1, 0.15) is 11.1 Å². The summed E-state index contributed by atoms with van der Waals surface area (Å²) >= 11 is 0. The molecule has 1 aromatic rings. The highest BCUT2D eigenvalue weighted by Gasteiger charge is 2.25. The minimum absolute atomic E-state index is 0.0609. The van der Waals surface area contributed by atoms with Crippen LogP contribution < -0.4 is 11.1 Å². The Bertz CT molecular complexity index is 576. The first-order valence-corrected chi connectivity index (χ1v) is 6.73. The quantitative estimate of drug-likeness (QED) is 0.236. The fraction of sp³-hybridized carbons (Fsp3) is 0.375. The van der Waals surface area contributed by atoms with Crippen LogP contribution in [0.25, 0.3) is 0 Å². The van der Waals surface area contributed by atoms with Crippen LogP contribution in [0.3, 0.4) is 0 Å². The number of H-pyrrole nitrogens is 1. The molecule has 0 aliphatic carbocycles. The molecule has 0 bridgehead atoms. The third-order valence-corrected chi connectivity index (χ3v) is 3.78. The van der Waals surface area contributed by atoms with E-state index < -0.39 is 21.0 Å². The third kappa shape index (κ3) is 2.97. The van der Waals surface area contributed by atoms with Crippen molar-refractivity contribution in [2.24, 2.45) is 10.9 Å².